The Hall–Kier alpha value is -2.84. The van der Waals surface area contributed by atoms with Crippen LogP contribution in [0, 0.1) is 10.1 Å². The van der Waals surface area contributed by atoms with Crippen LogP contribution in [0.2, 0.25) is 0 Å². The topological polar surface area (TPSA) is 118 Å². The Morgan fingerprint density at radius 2 is 1.78 bits per heavy atom. The van der Waals surface area contributed by atoms with Gasteiger partial charge in [0, 0.05) is 31.8 Å². The van der Waals surface area contributed by atoms with Crippen molar-refractivity contribution >= 4 is 17.7 Å². The van der Waals surface area contributed by atoms with Crippen LogP contribution in [0.3, 0.4) is 0 Å². The number of aliphatic imine (C=N–C) groups is 1. The SMILES string of the molecule is CCNC(=NCc1ccc([N+](=O)[O-])cc1)NCCCNC(=O)OC(C)(C)C. The molecule has 3 N–H and O–H groups in total. The molecule has 9 heteroatoms. The molecule has 0 saturated heterocycles. The first-order chi connectivity index (χ1) is 12.7. The number of ether oxygens (including phenoxy) is 1. The second-order valence-electron chi connectivity index (χ2n) is 6.83. The number of hydrogen-bond donors (Lipinski definition) is 3. The van der Waals surface area contributed by atoms with Crippen LogP contribution < -0.4 is 16.0 Å². The zero-order chi connectivity index (χ0) is 20.3. The Balaban J connectivity index is 2.39. The third kappa shape index (κ3) is 10.0. The lowest BCUT2D eigenvalue weighted by atomic mass is 10.2. The lowest BCUT2D eigenvalue weighted by Crippen LogP contribution is -2.39. The molecule has 27 heavy (non-hydrogen) atoms. The summed E-state index contributed by atoms with van der Waals surface area (Å²) in [6, 6.07) is 6.31. The van der Waals surface area contributed by atoms with Gasteiger partial charge in [-0.15, -0.1) is 0 Å². The van der Waals surface area contributed by atoms with E-state index in [9.17, 15) is 14.9 Å². The number of alkyl carbamates (subject to hydrolysis) is 1. The predicted molar refractivity (Wildman–Crippen MR) is 105 cm³/mol. The van der Waals surface area contributed by atoms with E-state index in [0.717, 1.165) is 5.56 Å². The van der Waals surface area contributed by atoms with Crippen molar-refractivity contribution in [3.63, 3.8) is 0 Å². The highest BCUT2D eigenvalue weighted by molar-refractivity contribution is 5.79. The zero-order valence-corrected chi connectivity index (χ0v) is 16.4. The van der Waals surface area contributed by atoms with Crippen molar-refractivity contribution < 1.29 is 14.5 Å². The molecule has 150 valence electrons. The number of carbonyl (C=O) groups excluding carboxylic acids is 1. The fraction of sp³-hybridized carbons (Fsp3) is 0.556. The van der Waals surface area contributed by atoms with Gasteiger partial charge < -0.3 is 20.7 Å². The van der Waals surface area contributed by atoms with Crippen molar-refractivity contribution in [2.75, 3.05) is 19.6 Å². The number of non-ortho nitro benzene ring substituents is 1. The summed E-state index contributed by atoms with van der Waals surface area (Å²) in [6.07, 6.45) is 0.280. The molecule has 0 saturated carbocycles. The first kappa shape index (κ1) is 22.2. The van der Waals surface area contributed by atoms with Gasteiger partial charge in [0.25, 0.3) is 5.69 Å². The van der Waals surface area contributed by atoms with Gasteiger partial charge >= 0.3 is 6.09 Å². The van der Waals surface area contributed by atoms with E-state index in [1.165, 1.54) is 12.1 Å². The Bertz CT molecular complexity index is 638. The number of nitrogens with zero attached hydrogens (tertiary/aromatic N) is 2. The van der Waals surface area contributed by atoms with Crippen LogP contribution in [-0.2, 0) is 11.3 Å². The molecule has 1 rings (SSSR count). The number of nitro groups is 1. The molecule has 0 fully saturated rings. The van der Waals surface area contributed by atoms with E-state index in [1.807, 2.05) is 27.7 Å². The van der Waals surface area contributed by atoms with Crippen LogP contribution in [0.4, 0.5) is 10.5 Å². The molecule has 0 aromatic heterocycles. The summed E-state index contributed by atoms with van der Waals surface area (Å²) in [5.74, 6) is 0.646. The summed E-state index contributed by atoms with van der Waals surface area (Å²) in [6.45, 7) is 9.65. The van der Waals surface area contributed by atoms with Crippen molar-refractivity contribution in [2.45, 2.75) is 46.3 Å². The van der Waals surface area contributed by atoms with Crippen LogP contribution in [0.1, 0.15) is 39.7 Å². The highest BCUT2D eigenvalue weighted by atomic mass is 16.6. The molecular formula is C18H29N5O4. The van der Waals surface area contributed by atoms with Gasteiger partial charge in [0.1, 0.15) is 5.60 Å². The second kappa shape index (κ2) is 11.0. The zero-order valence-electron chi connectivity index (χ0n) is 16.4. The Labute approximate surface area is 159 Å². The smallest absolute Gasteiger partial charge is 0.407 e. The molecule has 9 nitrogen and oxygen atoms in total. The van der Waals surface area contributed by atoms with Crippen LogP contribution in [0.15, 0.2) is 29.3 Å². The minimum absolute atomic E-state index is 0.0604. The third-order valence-electron chi connectivity index (χ3n) is 3.23. The summed E-state index contributed by atoms with van der Waals surface area (Å²) in [5.41, 5.74) is 0.431. The van der Waals surface area contributed by atoms with Crippen molar-refractivity contribution in [1.82, 2.24) is 16.0 Å². The summed E-state index contributed by atoms with van der Waals surface area (Å²) in [4.78, 5) is 26.2. The first-order valence-corrected chi connectivity index (χ1v) is 8.93. The monoisotopic (exact) mass is 379 g/mol. The molecule has 0 aliphatic carbocycles. The maximum absolute atomic E-state index is 11.6. The van der Waals surface area contributed by atoms with Gasteiger partial charge in [-0.25, -0.2) is 9.79 Å². The highest BCUT2D eigenvalue weighted by Gasteiger charge is 2.15. The van der Waals surface area contributed by atoms with Crippen LogP contribution >= 0.6 is 0 Å². The van der Waals surface area contributed by atoms with Crippen molar-refractivity contribution in [1.29, 1.82) is 0 Å². The standard InChI is InChI=1S/C18H29N5O4/c1-5-19-16(20-11-6-12-21-17(24)27-18(2,3)4)22-13-14-7-9-15(10-8-14)23(25)26/h7-10H,5-6,11-13H2,1-4H3,(H,21,24)(H2,19,20,22). The van der Waals surface area contributed by atoms with Gasteiger partial charge in [0.15, 0.2) is 5.96 Å². The molecule has 0 unspecified atom stereocenters. The van der Waals surface area contributed by atoms with E-state index >= 15 is 0 Å². The van der Waals surface area contributed by atoms with E-state index in [-0.39, 0.29) is 5.69 Å². The first-order valence-electron chi connectivity index (χ1n) is 8.93. The van der Waals surface area contributed by atoms with Crippen molar-refractivity contribution in [3.05, 3.63) is 39.9 Å². The minimum Gasteiger partial charge on any atom is -0.444 e. The maximum Gasteiger partial charge on any atom is 0.407 e. The van der Waals surface area contributed by atoms with Crippen LogP contribution in [0.5, 0.6) is 0 Å². The maximum atomic E-state index is 11.6. The summed E-state index contributed by atoms with van der Waals surface area (Å²) in [5, 5.41) is 19.7. The molecule has 1 aromatic rings. The Kier molecular flexibility index (Phi) is 9.04. The Morgan fingerprint density at radius 1 is 1.15 bits per heavy atom. The minimum atomic E-state index is -0.509. The molecule has 1 aromatic carbocycles. The van der Waals surface area contributed by atoms with Gasteiger partial charge in [0.2, 0.25) is 0 Å². The number of guanidine groups is 1. The van der Waals surface area contributed by atoms with E-state index in [1.54, 1.807) is 12.1 Å². The molecular weight excluding hydrogens is 350 g/mol. The average molecular weight is 379 g/mol. The van der Waals surface area contributed by atoms with Gasteiger partial charge in [-0.05, 0) is 39.7 Å². The highest BCUT2D eigenvalue weighted by Crippen LogP contribution is 2.12. The molecule has 0 atom stereocenters. The molecule has 0 bridgehead atoms. The number of rotatable bonds is 8. The molecule has 1 amide bonds. The van der Waals surface area contributed by atoms with Crippen molar-refractivity contribution in [3.8, 4) is 0 Å². The van der Waals surface area contributed by atoms with E-state index in [2.05, 4.69) is 20.9 Å². The van der Waals surface area contributed by atoms with Gasteiger partial charge in [-0.3, -0.25) is 10.1 Å². The number of benzene rings is 1. The summed E-state index contributed by atoms with van der Waals surface area (Å²) in [7, 11) is 0. The predicted octanol–water partition coefficient (Wildman–Crippen LogP) is 2.56. The van der Waals surface area contributed by atoms with Gasteiger partial charge in [0.05, 0.1) is 11.5 Å². The van der Waals surface area contributed by atoms with Crippen molar-refractivity contribution in [2.24, 2.45) is 4.99 Å². The summed E-state index contributed by atoms with van der Waals surface area (Å²) < 4.78 is 5.17. The van der Waals surface area contributed by atoms with Gasteiger partial charge in [-0.1, -0.05) is 12.1 Å². The quantitative estimate of drug-likeness (QED) is 0.210. The van der Waals surface area contributed by atoms with E-state index in [4.69, 9.17) is 4.74 Å². The van der Waals surface area contributed by atoms with Crippen LogP contribution in [-0.4, -0.2) is 42.2 Å². The fourth-order valence-electron chi connectivity index (χ4n) is 2.03. The number of nitrogens with one attached hydrogen (secondary N) is 3. The molecule has 0 aliphatic heterocycles. The molecule has 0 heterocycles. The fourth-order valence-corrected chi connectivity index (χ4v) is 2.03. The third-order valence-corrected chi connectivity index (χ3v) is 3.23. The van der Waals surface area contributed by atoms with E-state index < -0.39 is 16.6 Å². The van der Waals surface area contributed by atoms with Gasteiger partial charge in [-0.2, -0.15) is 0 Å². The number of nitro benzene ring substituents is 1. The lowest BCUT2D eigenvalue weighted by Gasteiger charge is -2.19. The molecule has 0 aliphatic rings. The number of hydrogen-bond acceptors (Lipinski definition) is 5. The second-order valence-corrected chi connectivity index (χ2v) is 6.83. The number of carbonyl (C=O) groups is 1. The molecule has 0 radical (unpaired) electrons. The van der Waals surface area contributed by atoms with E-state index in [0.29, 0.717) is 38.6 Å². The largest absolute Gasteiger partial charge is 0.444 e. The van der Waals surface area contributed by atoms with Crippen LogP contribution in [0.25, 0.3) is 0 Å². The number of amides is 1. The normalized spacial score (nSPS) is 11.6. The average Bonchev–Trinajstić information content (AvgIpc) is 2.58. The lowest BCUT2D eigenvalue weighted by molar-refractivity contribution is -0.384. The summed E-state index contributed by atoms with van der Waals surface area (Å²) >= 11 is 0. The molecule has 0 spiro atoms. The Morgan fingerprint density at radius 3 is 2.33 bits per heavy atom.